The molecule has 9 heavy (non-hydrogen) atoms. The molecule has 0 aliphatic heterocycles. The Hall–Kier alpha value is 1.27. The van der Waals surface area contributed by atoms with Crippen LogP contribution < -0.4 is 0 Å². The molecule has 5 heteroatoms. The van der Waals surface area contributed by atoms with E-state index in [1.807, 2.05) is 6.20 Å². The molecule has 0 aromatic carbocycles. The van der Waals surface area contributed by atoms with Gasteiger partial charge in [-0.1, -0.05) is 0 Å². The second-order valence-electron chi connectivity index (χ2n) is 1.28. The van der Waals surface area contributed by atoms with Gasteiger partial charge in [0.2, 0.25) is 0 Å². The third-order valence-corrected chi connectivity index (χ3v) is 3.84. The van der Waals surface area contributed by atoms with E-state index in [2.05, 4.69) is 77.7 Å². The molecule has 0 bridgehead atoms. The molecular weight excluding hydrogens is 457 g/mol. The van der Waals surface area contributed by atoms with Gasteiger partial charge in [-0.15, -0.1) is 0 Å². The smallest absolute Gasteiger partial charge is 0.191 e. The monoisotopic (exact) mass is 458 g/mol. The first kappa shape index (κ1) is 8.37. The fraction of sp³-hybridized carbons (Fsp3) is 0. The molecule has 0 unspecified atom stereocenters. The first-order valence-electron chi connectivity index (χ1n) is 2.03. The predicted molar refractivity (Wildman–Crippen MR) is 60.2 cm³/mol. The third kappa shape index (κ3) is 2.41. The van der Waals surface area contributed by atoms with Crippen molar-refractivity contribution < 1.29 is 0 Å². The standard InChI is InChI=1S/C4HI3N2/c5-2-1-8-4(7)9-3(2)6/h1H. The average molecular weight is 458 g/mol. The quantitative estimate of drug-likeness (QED) is 0.339. The van der Waals surface area contributed by atoms with Crippen LogP contribution in [0.1, 0.15) is 0 Å². The van der Waals surface area contributed by atoms with Crippen LogP contribution in [0.3, 0.4) is 0 Å². The molecule has 0 saturated carbocycles. The lowest BCUT2D eigenvalue weighted by Crippen LogP contribution is -1.91. The highest BCUT2D eigenvalue weighted by Crippen LogP contribution is 2.11. The van der Waals surface area contributed by atoms with Crippen LogP contribution in [0.5, 0.6) is 0 Å². The summed E-state index contributed by atoms with van der Waals surface area (Å²) >= 11 is 6.48. The second kappa shape index (κ2) is 3.60. The summed E-state index contributed by atoms with van der Waals surface area (Å²) in [4.78, 5) is 8.13. The van der Waals surface area contributed by atoms with E-state index < -0.39 is 0 Å². The van der Waals surface area contributed by atoms with Gasteiger partial charge in [0.15, 0.2) is 3.83 Å². The molecule has 0 atom stereocenters. The molecule has 1 heterocycles. The van der Waals surface area contributed by atoms with Crippen LogP contribution in [0.15, 0.2) is 6.20 Å². The molecule has 0 amide bonds. The summed E-state index contributed by atoms with van der Waals surface area (Å²) in [6, 6.07) is 0. The number of hydrogen-bond donors (Lipinski definition) is 0. The van der Waals surface area contributed by atoms with Crippen LogP contribution in [0.25, 0.3) is 0 Å². The van der Waals surface area contributed by atoms with Crippen LogP contribution in [-0.2, 0) is 0 Å². The predicted octanol–water partition coefficient (Wildman–Crippen LogP) is 2.29. The van der Waals surface area contributed by atoms with Gasteiger partial charge in [-0.2, -0.15) is 0 Å². The van der Waals surface area contributed by atoms with E-state index in [9.17, 15) is 0 Å². The molecule has 0 radical (unpaired) electrons. The normalized spacial score (nSPS) is 9.67. The van der Waals surface area contributed by atoms with Crippen LogP contribution in [-0.4, -0.2) is 9.97 Å². The summed E-state index contributed by atoms with van der Waals surface area (Å²) in [6.45, 7) is 0. The third-order valence-electron chi connectivity index (χ3n) is 0.672. The second-order valence-corrected chi connectivity index (χ2v) is 4.43. The van der Waals surface area contributed by atoms with Gasteiger partial charge in [0.1, 0.15) is 3.70 Å². The van der Waals surface area contributed by atoms with Gasteiger partial charge in [-0.05, 0) is 45.2 Å². The Morgan fingerprint density at radius 1 is 1.22 bits per heavy atom. The Morgan fingerprint density at radius 2 is 1.89 bits per heavy atom. The lowest BCUT2D eigenvalue weighted by Gasteiger charge is -1.92. The average Bonchev–Trinajstić information content (AvgIpc) is 1.80. The highest BCUT2D eigenvalue weighted by atomic mass is 127. The van der Waals surface area contributed by atoms with Gasteiger partial charge >= 0.3 is 0 Å². The van der Waals surface area contributed by atoms with Crippen molar-refractivity contribution in [2.75, 3.05) is 0 Å². The molecule has 0 aliphatic rings. The minimum atomic E-state index is 0.803. The Morgan fingerprint density at radius 3 is 2.33 bits per heavy atom. The van der Waals surface area contributed by atoms with E-state index in [4.69, 9.17) is 0 Å². The van der Waals surface area contributed by atoms with Gasteiger partial charge in [0.05, 0.1) is 3.57 Å². The number of aromatic nitrogens is 2. The molecule has 0 fully saturated rings. The highest BCUT2D eigenvalue weighted by Gasteiger charge is 1.96. The van der Waals surface area contributed by atoms with Crippen LogP contribution >= 0.6 is 67.8 Å². The van der Waals surface area contributed by atoms with Gasteiger partial charge in [0.25, 0.3) is 0 Å². The van der Waals surface area contributed by atoms with Crippen molar-refractivity contribution in [1.82, 2.24) is 9.97 Å². The Balaban J connectivity index is 3.17. The maximum absolute atomic E-state index is 4.13. The molecule has 1 aromatic rings. The minimum absolute atomic E-state index is 0.803. The molecule has 2 nitrogen and oxygen atoms in total. The van der Waals surface area contributed by atoms with Gasteiger partial charge in [-0.25, -0.2) is 9.97 Å². The molecule has 1 rings (SSSR count). The number of nitrogens with zero attached hydrogens (tertiary/aromatic N) is 2. The minimum Gasteiger partial charge on any atom is -0.230 e. The van der Waals surface area contributed by atoms with Gasteiger partial charge in [0, 0.05) is 28.8 Å². The summed E-state index contributed by atoms with van der Waals surface area (Å²) in [5.74, 6) is 0. The van der Waals surface area contributed by atoms with Crippen molar-refractivity contribution in [1.29, 1.82) is 0 Å². The molecule has 0 saturated heterocycles. The Kier molecular flexibility index (Phi) is 3.35. The summed E-state index contributed by atoms with van der Waals surface area (Å²) in [6.07, 6.45) is 1.82. The summed E-state index contributed by atoms with van der Waals surface area (Å²) in [5, 5.41) is 0. The highest BCUT2D eigenvalue weighted by molar-refractivity contribution is 14.1. The molecule has 0 spiro atoms. The Bertz CT molecular complexity index is 225. The molecule has 1 aromatic heterocycles. The van der Waals surface area contributed by atoms with Crippen LogP contribution in [0.2, 0.25) is 0 Å². The van der Waals surface area contributed by atoms with Crippen molar-refractivity contribution in [2.24, 2.45) is 0 Å². The molecule has 0 aliphatic carbocycles. The lowest BCUT2D eigenvalue weighted by atomic mass is 10.7. The maximum Gasteiger partial charge on any atom is 0.191 e. The fourth-order valence-electron chi connectivity index (χ4n) is 0.326. The van der Waals surface area contributed by atoms with Crippen molar-refractivity contribution in [3.05, 3.63) is 17.3 Å². The zero-order valence-corrected chi connectivity index (χ0v) is 10.6. The van der Waals surface area contributed by atoms with E-state index >= 15 is 0 Å². The first-order valence-corrected chi connectivity index (χ1v) is 5.27. The Labute approximate surface area is 93.7 Å². The van der Waals surface area contributed by atoms with Crippen molar-refractivity contribution >= 4 is 67.8 Å². The fourth-order valence-corrected chi connectivity index (χ4v) is 1.80. The van der Waals surface area contributed by atoms with E-state index in [1.54, 1.807) is 0 Å². The summed E-state index contributed by atoms with van der Waals surface area (Å²) in [7, 11) is 0. The number of rotatable bonds is 0. The molecule has 48 valence electrons. The van der Waals surface area contributed by atoms with Crippen molar-refractivity contribution in [3.8, 4) is 0 Å². The molecular formula is C4HI3N2. The molecule has 0 N–H and O–H groups in total. The van der Waals surface area contributed by atoms with Gasteiger partial charge in [-0.3, -0.25) is 0 Å². The van der Waals surface area contributed by atoms with E-state index in [0.717, 1.165) is 11.1 Å². The van der Waals surface area contributed by atoms with Crippen LogP contribution in [0, 0.1) is 11.1 Å². The first-order chi connectivity index (χ1) is 4.20. The summed E-state index contributed by atoms with van der Waals surface area (Å²) in [5.41, 5.74) is 0. The van der Waals surface area contributed by atoms with Gasteiger partial charge < -0.3 is 0 Å². The van der Waals surface area contributed by atoms with E-state index in [0.29, 0.717) is 0 Å². The summed E-state index contributed by atoms with van der Waals surface area (Å²) < 4.78 is 2.93. The SMILES string of the molecule is Ic1ncc(I)c(I)n1. The maximum atomic E-state index is 4.13. The zero-order valence-electron chi connectivity index (χ0n) is 4.11. The van der Waals surface area contributed by atoms with E-state index in [1.165, 1.54) is 0 Å². The zero-order chi connectivity index (χ0) is 6.85. The largest absolute Gasteiger partial charge is 0.230 e. The number of halogens is 3. The lowest BCUT2D eigenvalue weighted by molar-refractivity contribution is 1.06. The number of hydrogen-bond acceptors (Lipinski definition) is 2. The topological polar surface area (TPSA) is 25.8 Å². The van der Waals surface area contributed by atoms with Crippen LogP contribution in [0.4, 0.5) is 0 Å². The van der Waals surface area contributed by atoms with E-state index in [-0.39, 0.29) is 0 Å². The van der Waals surface area contributed by atoms with Crippen molar-refractivity contribution in [3.63, 3.8) is 0 Å². The van der Waals surface area contributed by atoms with Crippen molar-refractivity contribution in [2.45, 2.75) is 0 Å².